The van der Waals surface area contributed by atoms with Crippen LogP contribution in [0, 0.1) is 29.5 Å². The van der Waals surface area contributed by atoms with E-state index in [0.29, 0.717) is 42.8 Å². The van der Waals surface area contributed by atoms with E-state index in [4.69, 9.17) is 9.47 Å². The Morgan fingerprint density at radius 3 is 2.72 bits per heavy atom. The Morgan fingerprint density at radius 1 is 1.17 bits per heavy atom. The van der Waals surface area contributed by atoms with Crippen LogP contribution in [0.5, 0.6) is 0 Å². The summed E-state index contributed by atoms with van der Waals surface area (Å²) >= 11 is 1.27. The number of ether oxygens (including phenoxy) is 2. The van der Waals surface area contributed by atoms with Gasteiger partial charge < -0.3 is 35.4 Å². The number of carbonyl (C=O) groups excluding carboxylic acids is 1. The van der Waals surface area contributed by atoms with Crippen molar-refractivity contribution in [1.82, 2.24) is 25.6 Å². The molecule has 12 atom stereocenters. The van der Waals surface area contributed by atoms with Crippen molar-refractivity contribution in [1.29, 1.82) is 0 Å². The molecule has 46 heavy (non-hydrogen) atoms. The monoisotopic (exact) mass is 659 g/mol. The maximum Gasteiger partial charge on any atom is 0.240 e. The highest BCUT2D eigenvalue weighted by atomic mass is 32.2. The number of halogens is 1. The van der Waals surface area contributed by atoms with Crippen LogP contribution >= 0.6 is 11.8 Å². The minimum absolute atomic E-state index is 0.229. The van der Waals surface area contributed by atoms with Crippen molar-refractivity contribution in [3.63, 3.8) is 0 Å². The largest absolute Gasteiger partial charge is 0.388 e. The molecule has 5 N–H and O–H groups in total. The second-order valence-electron chi connectivity index (χ2n) is 13.7. The zero-order valence-corrected chi connectivity index (χ0v) is 27.3. The van der Waals surface area contributed by atoms with Gasteiger partial charge >= 0.3 is 0 Å². The number of aliphatic hydroxyl groups excluding tert-OH is 3. The van der Waals surface area contributed by atoms with Gasteiger partial charge in [0.2, 0.25) is 5.91 Å². The molecule has 4 aliphatic rings. The molecule has 6 rings (SSSR count). The first-order chi connectivity index (χ1) is 22.1. The van der Waals surface area contributed by atoms with Gasteiger partial charge in [-0.2, -0.15) is 0 Å². The van der Waals surface area contributed by atoms with E-state index < -0.39 is 41.9 Å². The third kappa shape index (κ3) is 7.20. The normalized spacial score (nSPS) is 39.0. The van der Waals surface area contributed by atoms with Crippen LogP contribution < -0.4 is 10.6 Å². The second-order valence-corrected chi connectivity index (χ2v) is 15.0. The predicted molar refractivity (Wildman–Crippen MR) is 170 cm³/mol. The van der Waals surface area contributed by atoms with Gasteiger partial charge in [0.1, 0.15) is 41.7 Å². The van der Waals surface area contributed by atoms with E-state index in [2.05, 4.69) is 34.8 Å². The standard InChI is InChI=1S/C33H46FN5O6S/c1-17(2)13-19-11-12-44-30-20(14-19)15-35-26(30)32(43)36-25-18(3)5-4-6-24(46-33-29(42)27(40)28(41)31(25)45-33)23-16-39(38-37-23)22-9-7-21(34)8-10-22/h4-5,7-10,16-20,24-31,33,35,40-42H,6,11-15H2,1-3H3,(H,36,43)/b5-4-/t18-,19+,20+,24+,25-,26+,27?,28?,29?,30-,31?,33?/m1/s1. The molecule has 0 saturated carbocycles. The topological polar surface area (TPSA) is 151 Å². The number of rotatable bonds is 6. The van der Waals surface area contributed by atoms with Crippen LogP contribution in [0.2, 0.25) is 0 Å². The summed E-state index contributed by atoms with van der Waals surface area (Å²) in [6.45, 7) is 7.74. The van der Waals surface area contributed by atoms with Crippen LogP contribution in [-0.2, 0) is 14.3 Å². The number of nitrogens with one attached hydrogen (secondary N) is 2. The van der Waals surface area contributed by atoms with Crippen molar-refractivity contribution in [2.45, 2.75) is 99.7 Å². The van der Waals surface area contributed by atoms with E-state index in [-0.39, 0.29) is 34.9 Å². The lowest BCUT2D eigenvalue weighted by molar-refractivity contribution is -0.207. The van der Waals surface area contributed by atoms with E-state index >= 15 is 0 Å². The Labute approximate surface area is 273 Å². The average Bonchev–Trinajstić information content (AvgIpc) is 3.62. The number of hydrogen-bond acceptors (Lipinski definition) is 10. The lowest BCUT2D eigenvalue weighted by Gasteiger charge is -2.45. The average molecular weight is 660 g/mol. The van der Waals surface area contributed by atoms with Crippen molar-refractivity contribution >= 4 is 17.7 Å². The Bertz CT molecular complexity index is 1360. The highest BCUT2D eigenvalue weighted by Crippen LogP contribution is 2.42. The molecule has 0 aliphatic carbocycles. The van der Waals surface area contributed by atoms with Gasteiger partial charge in [-0.05, 0) is 73.6 Å². The van der Waals surface area contributed by atoms with E-state index in [9.17, 15) is 24.5 Å². The molecule has 4 aliphatic heterocycles. The van der Waals surface area contributed by atoms with Crippen molar-refractivity contribution < 1.29 is 34.0 Å². The number of nitrogens with zero attached hydrogens (tertiary/aromatic N) is 3. The molecule has 1 aromatic heterocycles. The van der Waals surface area contributed by atoms with Crippen LogP contribution in [0.25, 0.3) is 5.69 Å². The third-order valence-electron chi connectivity index (χ3n) is 9.81. The summed E-state index contributed by atoms with van der Waals surface area (Å²) in [5, 5.41) is 47.9. The van der Waals surface area contributed by atoms with Gasteiger partial charge in [0.15, 0.2) is 0 Å². The number of aromatic nitrogens is 3. The summed E-state index contributed by atoms with van der Waals surface area (Å²) in [6.07, 6.45) is 3.87. The Morgan fingerprint density at radius 2 is 1.96 bits per heavy atom. The van der Waals surface area contributed by atoms with Gasteiger partial charge in [-0.1, -0.05) is 38.1 Å². The lowest BCUT2D eigenvalue weighted by atomic mass is 9.85. The first-order valence-corrected chi connectivity index (χ1v) is 17.4. The predicted octanol–water partition coefficient (Wildman–Crippen LogP) is 2.50. The van der Waals surface area contributed by atoms with Crippen molar-refractivity contribution in [2.75, 3.05) is 13.2 Å². The number of benzene rings is 1. The van der Waals surface area contributed by atoms with Crippen LogP contribution in [0.3, 0.4) is 0 Å². The maximum atomic E-state index is 13.9. The number of amides is 1. The molecule has 2 bridgehead atoms. The fourth-order valence-electron chi connectivity index (χ4n) is 7.41. The SMILES string of the molecule is CC(C)C[C@@H]1CCO[C@@H]2[C@H](CN[C@@H]2C(=O)N[C@H]2C3OC(S[C@H](c4cn(-c5ccc(F)cc5)nn4)C/C=C\[C@H]2C)C(O)C(O)C3O)C1. The Balaban J connectivity index is 1.20. The minimum Gasteiger partial charge on any atom is -0.388 e. The summed E-state index contributed by atoms with van der Waals surface area (Å²) in [7, 11) is 0. The lowest BCUT2D eigenvalue weighted by Crippen LogP contribution is -2.65. The number of aliphatic hydroxyl groups is 3. The molecule has 11 nitrogen and oxygen atoms in total. The van der Waals surface area contributed by atoms with E-state index in [1.165, 1.54) is 23.9 Å². The number of fused-ring (bicyclic) bond motifs is 3. The van der Waals surface area contributed by atoms with Crippen LogP contribution in [0.15, 0.2) is 42.6 Å². The maximum absolute atomic E-state index is 13.9. The summed E-state index contributed by atoms with van der Waals surface area (Å²) < 4.78 is 27.6. The van der Waals surface area contributed by atoms with Gasteiger partial charge in [-0.25, -0.2) is 9.07 Å². The zero-order chi connectivity index (χ0) is 32.5. The van der Waals surface area contributed by atoms with Gasteiger partial charge in [0, 0.05) is 13.2 Å². The number of hydrogen-bond donors (Lipinski definition) is 5. The molecule has 5 heterocycles. The van der Waals surface area contributed by atoms with E-state index in [1.54, 1.807) is 23.0 Å². The summed E-state index contributed by atoms with van der Waals surface area (Å²) in [5.74, 6) is 0.569. The molecule has 0 radical (unpaired) electrons. The van der Waals surface area contributed by atoms with E-state index in [1.807, 2.05) is 19.1 Å². The van der Waals surface area contributed by atoms with Crippen molar-refractivity contribution in [3.8, 4) is 5.69 Å². The van der Waals surface area contributed by atoms with Gasteiger partial charge in [-0.3, -0.25) is 4.79 Å². The number of carbonyl (C=O) groups is 1. The first kappa shape index (κ1) is 33.5. The fraction of sp³-hybridized carbons (Fsp3) is 0.667. The molecule has 0 spiro atoms. The summed E-state index contributed by atoms with van der Waals surface area (Å²) in [6, 6.07) is 4.69. The molecule has 5 unspecified atom stereocenters. The summed E-state index contributed by atoms with van der Waals surface area (Å²) in [5.41, 5.74) is 0.346. The molecular weight excluding hydrogens is 613 g/mol. The van der Waals surface area contributed by atoms with Crippen molar-refractivity contribution in [3.05, 3.63) is 54.1 Å². The molecule has 1 amide bonds. The fourth-order valence-corrected chi connectivity index (χ4v) is 8.72. The smallest absolute Gasteiger partial charge is 0.240 e. The van der Waals surface area contributed by atoms with Crippen LogP contribution in [0.4, 0.5) is 4.39 Å². The third-order valence-corrected chi connectivity index (χ3v) is 11.2. The Kier molecular flexibility index (Phi) is 10.5. The minimum atomic E-state index is -1.49. The van der Waals surface area contributed by atoms with Crippen LogP contribution in [0.1, 0.15) is 57.4 Å². The molecule has 252 valence electrons. The number of allylic oxidation sites excluding steroid dienone is 1. The zero-order valence-electron chi connectivity index (χ0n) is 26.5. The van der Waals surface area contributed by atoms with E-state index in [0.717, 1.165) is 19.3 Å². The highest BCUT2D eigenvalue weighted by molar-refractivity contribution is 8.00. The van der Waals surface area contributed by atoms with Gasteiger partial charge in [0.25, 0.3) is 0 Å². The summed E-state index contributed by atoms with van der Waals surface area (Å²) in [4.78, 5) is 13.9. The molecule has 13 heteroatoms. The number of thioether (sulfide) groups is 1. The van der Waals surface area contributed by atoms with Gasteiger partial charge in [-0.15, -0.1) is 16.9 Å². The van der Waals surface area contributed by atoms with Crippen molar-refractivity contribution in [2.24, 2.45) is 23.7 Å². The molecule has 3 saturated heterocycles. The Hall–Kier alpha value is -2.39. The molecule has 2 aromatic rings. The van der Waals surface area contributed by atoms with Crippen LogP contribution in [-0.4, -0.2) is 97.4 Å². The quantitative estimate of drug-likeness (QED) is 0.293. The molecule has 3 fully saturated rings. The molecule has 1 aromatic carbocycles. The molecular formula is C33H46FN5O6S. The second kappa shape index (κ2) is 14.4. The first-order valence-electron chi connectivity index (χ1n) is 16.4. The highest BCUT2D eigenvalue weighted by Gasteiger charge is 2.50. The van der Waals surface area contributed by atoms with Gasteiger partial charge in [0.05, 0.1) is 35.0 Å².